The van der Waals surface area contributed by atoms with Crippen LogP contribution in [0.25, 0.3) is 0 Å². The molecule has 0 aromatic carbocycles. The molecule has 0 bridgehead atoms. The Labute approximate surface area is 73.4 Å². The monoisotopic (exact) mass is 184 g/mol. The maximum atomic E-state index is 10.3. The van der Waals surface area contributed by atoms with Crippen molar-refractivity contribution in [2.75, 3.05) is 6.54 Å². The number of rotatable bonds is 2. The molecule has 0 aliphatic carbocycles. The predicted octanol–water partition coefficient (Wildman–Crippen LogP) is 0.215. The van der Waals surface area contributed by atoms with Crippen LogP contribution >= 0.6 is 0 Å². The topological polar surface area (TPSA) is 82.2 Å². The summed E-state index contributed by atoms with van der Waals surface area (Å²) in [6, 6.07) is 0. The zero-order chi connectivity index (χ0) is 9.26. The molecular weight excluding hydrogens is 176 g/mol. The van der Waals surface area contributed by atoms with E-state index in [1.807, 2.05) is 0 Å². The maximum absolute atomic E-state index is 10.3. The summed E-state index contributed by atoms with van der Waals surface area (Å²) in [5, 5.41) is 10.3. The van der Waals surface area contributed by atoms with E-state index >= 15 is 0 Å². The standard InChI is InChI=1S/C6H8N4O3/c11-10(12)5-3-9(4-7-5)6-1-2-8-13-6/h3-4,6,8H,1-2H2/t6-/m1/s1. The highest BCUT2D eigenvalue weighted by atomic mass is 16.7. The van der Waals surface area contributed by atoms with Crippen molar-refractivity contribution in [1.82, 2.24) is 15.0 Å². The van der Waals surface area contributed by atoms with Crippen LogP contribution in [0.15, 0.2) is 12.5 Å². The van der Waals surface area contributed by atoms with E-state index in [-0.39, 0.29) is 12.0 Å². The highest BCUT2D eigenvalue weighted by Gasteiger charge is 2.20. The maximum Gasteiger partial charge on any atom is 0.381 e. The van der Waals surface area contributed by atoms with Gasteiger partial charge in [0.05, 0.1) is 0 Å². The summed E-state index contributed by atoms with van der Waals surface area (Å²) in [7, 11) is 0. The van der Waals surface area contributed by atoms with Gasteiger partial charge in [0, 0.05) is 13.0 Å². The zero-order valence-corrected chi connectivity index (χ0v) is 6.71. The quantitative estimate of drug-likeness (QED) is 0.525. The summed E-state index contributed by atoms with van der Waals surface area (Å²) in [6.07, 6.45) is 3.36. The normalized spacial score (nSPS) is 22.0. The summed E-state index contributed by atoms with van der Waals surface area (Å²) < 4.78 is 1.58. The first-order chi connectivity index (χ1) is 6.27. The molecule has 0 spiro atoms. The molecule has 13 heavy (non-hydrogen) atoms. The third-order valence-electron chi connectivity index (χ3n) is 1.82. The summed E-state index contributed by atoms with van der Waals surface area (Å²) >= 11 is 0. The lowest BCUT2D eigenvalue weighted by Crippen LogP contribution is -2.08. The Bertz CT molecular complexity index is 317. The fourth-order valence-electron chi connectivity index (χ4n) is 1.18. The van der Waals surface area contributed by atoms with E-state index in [0.717, 1.165) is 13.0 Å². The molecule has 7 nitrogen and oxygen atoms in total. The molecule has 0 saturated carbocycles. The Hall–Kier alpha value is -1.47. The average molecular weight is 184 g/mol. The highest BCUT2D eigenvalue weighted by Crippen LogP contribution is 2.18. The summed E-state index contributed by atoms with van der Waals surface area (Å²) in [6.45, 7) is 0.747. The second-order valence-corrected chi connectivity index (χ2v) is 2.69. The van der Waals surface area contributed by atoms with Crippen LogP contribution in [0.2, 0.25) is 0 Å². The lowest BCUT2D eigenvalue weighted by molar-refractivity contribution is -0.389. The SMILES string of the molecule is O=[N+]([O-])c1cn([C@H]2CCNO2)cn1. The first-order valence-corrected chi connectivity index (χ1v) is 3.84. The number of hydroxylamine groups is 1. The third-order valence-corrected chi connectivity index (χ3v) is 1.82. The van der Waals surface area contributed by atoms with Gasteiger partial charge in [-0.2, -0.15) is 5.48 Å². The van der Waals surface area contributed by atoms with E-state index in [1.54, 1.807) is 4.57 Å². The van der Waals surface area contributed by atoms with Crippen LogP contribution in [0.3, 0.4) is 0 Å². The molecule has 0 amide bonds. The Balaban J connectivity index is 2.16. The fourth-order valence-corrected chi connectivity index (χ4v) is 1.18. The van der Waals surface area contributed by atoms with Crippen molar-refractivity contribution in [3.05, 3.63) is 22.6 Å². The van der Waals surface area contributed by atoms with Crippen molar-refractivity contribution in [3.63, 3.8) is 0 Å². The smallest absolute Gasteiger partial charge is 0.358 e. The van der Waals surface area contributed by atoms with Gasteiger partial charge in [-0.25, -0.2) is 0 Å². The van der Waals surface area contributed by atoms with E-state index in [0.29, 0.717) is 0 Å². The van der Waals surface area contributed by atoms with Gasteiger partial charge in [0.1, 0.15) is 6.20 Å². The summed E-state index contributed by atoms with van der Waals surface area (Å²) in [5.41, 5.74) is 2.69. The van der Waals surface area contributed by atoms with Gasteiger partial charge < -0.3 is 10.1 Å². The van der Waals surface area contributed by atoms with Gasteiger partial charge in [0.15, 0.2) is 6.23 Å². The van der Waals surface area contributed by atoms with E-state index in [9.17, 15) is 10.1 Å². The summed E-state index contributed by atoms with van der Waals surface area (Å²) in [5.74, 6) is -0.157. The van der Waals surface area contributed by atoms with Gasteiger partial charge in [-0.3, -0.25) is 9.40 Å². The van der Waals surface area contributed by atoms with Crippen LogP contribution in [0.1, 0.15) is 12.6 Å². The van der Waals surface area contributed by atoms with Crippen molar-refractivity contribution in [3.8, 4) is 0 Å². The first-order valence-electron chi connectivity index (χ1n) is 3.84. The van der Waals surface area contributed by atoms with Crippen molar-refractivity contribution in [1.29, 1.82) is 0 Å². The van der Waals surface area contributed by atoms with Crippen LogP contribution in [-0.2, 0) is 4.84 Å². The molecule has 1 aromatic heterocycles. The number of aromatic nitrogens is 2. The number of imidazole rings is 1. The van der Waals surface area contributed by atoms with Crippen molar-refractivity contribution in [2.45, 2.75) is 12.6 Å². The van der Waals surface area contributed by atoms with Gasteiger partial charge in [0.2, 0.25) is 6.33 Å². The molecule has 0 radical (unpaired) electrons. The third kappa shape index (κ3) is 1.51. The van der Waals surface area contributed by atoms with Crippen molar-refractivity contribution >= 4 is 5.82 Å². The fraction of sp³-hybridized carbons (Fsp3) is 0.500. The lowest BCUT2D eigenvalue weighted by atomic mass is 10.4. The van der Waals surface area contributed by atoms with Gasteiger partial charge in [0.25, 0.3) is 0 Å². The van der Waals surface area contributed by atoms with Gasteiger partial charge in [-0.15, -0.1) is 0 Å². The lowest BCUT2D eigenvalue weighted by Gasteiger charge is -2.05. The Morgan fingerprint density at radius 3 is 3.23 bits per heavy atom. The van der Waals surface area contributed by atoms with Crippen molar-refractivity contribution < 1.29 is 9.76 Å². The number of hydrogen-bond acceptors (Lipinski definition) is 5. The van der Waals surface area contributed by atoms with E-state index in [4.69, 9.17) is 4.84 Å². The molecule has 0 unspecified atom stereocenters. The first kappa shape index (κ1) is 8.14. The molecule has 1 atom stereocenters. The molecule has 1 aliphatic heterocycles. The minimum atomic E-state index is -0.529. The molecule has 7 heteroatoms. The van der Waals surface area contributed by atoms with Crippen molar-refractivity contribution in [2.24, 2.45) is 0 Å². The molecule has 2 rings (SSSR count). The predicted molar refractivity (Wildman–Crippen MR) is 41.6 cm³/mol. The molecule has 1 saturated heterocycles. The molecule has 70 valence electrons. The Kier molecular flexibility index (Phi) is 1.95. The van der Waals surface area contributed by atoms with Gasteiger partial charge in [-0.05, 0) is 9.91 Å². The molecular formula is C6H8N4O3. The number of nitro groups is 1. The van der Waals surface area contributed by atoms with E-state index in [1.165, 1.54) is 12.5 Å². The molecule has 1 fully saturated rings. The molecule has 1 N–H and O–H groups in total. The molecule has 1 aliphatic rings. The van der Waals surface area contributed by atoms with Gasteiger partial charge >= 0.3 is 5.82 Å². The van der Waals surface area contributed by atoms with E-state index < -0.39 is 4.92 Å². The largest absolute Gasteiger partial charge is 0.381 e. The second kappa shape index (κ2) is 3.11. The highest BCUT2D eigenvalue weighted by molar-refractivity contribution is 5.12. The minimum Gasteiger partial charge on any atom is -0.358 e. The Morgan fingerprint density at radius 2 is 2.69 bits per heavy atom. The van der Waals surface area contributed by atoms with Crippen LogP contribution in [0, 0.1) is 10.1 Å². The van der Waals surface area contributed by atoms with E-state index in [2.05, 4.69) is 10.5 Å². The van der Waals surface area contributed by atoms with Crippen LogP contribution < -0.4 is 5.48 Å². The average Bonchev–Trinajstić information content (AvgIpc) is 2.75. The Morgan fingerprint density at radius 1 is 1.85 bits per heavy atom. The van der Waals surface area contributed by atoms with Crippen LogP contribution in [-0.4, -0.2) is 21.0 Å². The number of nitrogens with one attached hydrogen (secondary N) is 1. The molecule has 2 heterocycles. The second-order valence-electron chi connectivity index (χ2n) is 2.69. The van der Waals surface area contributed by atoms with Crippen LogP contribution in [0.5, 0.6) is 0 Å². The van der Waals surface area contributed by atoms with Crippen LogP contribution in [0.4, 0.5) is 5.82 Å². The number of hydrogen-bond donors (Lipinski definition) is 1. The molecule has 1 aromatic rings. The zero-order valence-electron chi connectivity index (χ0n) is 6.71. The summed E-state index contributed by atoms with van der Waals surface area (Å²) in [4.78, 5) is 18.5. The number of nitrogens with zero attached hydrogens (tertiary/aromatic N) is 3. The minimum absolute atomic E-state index is 0.157. The van der Waals surface area contributed by atoms with Gasteiger partial charge in [-0.1, -0.05) is 0 Å².